The van der Waals surface area contributed by atoms with E-state index in [9.17, 15) is 9.59 Å². The van der Waals surface area contributed by atoms with Gasteiger partial charge in [-0.2, -0.15) is 10.2 Å². The van der Waals surface area contributed by atoms with Gasteiger partial charge in [-0.05, 0) is 25.0 Å². The first kappa shape index (κ1) is 25.2. The highest BCUT2D eigenvalue weighted by Crippen LogP contribution is 2.32. The molecule has 3 heterocycles. The lowest BCUT2D eigenvalue weighted by atomic mass is 10.0. The molecule has 2 amide bonds. The minimum Gasteiger partial charge on any atom is -0.490 e. The molecule has 10 nitrogen and oxygen atoms in total. The molecule has 0 radical (unpaired) electrons. The zero-order chi connectivity index (χ0) is 25.3. The summed E-state index contributed by atoms with van der Waals surface area (Å²) in [5.74, 6) is 0.297. The first-order valence-electron chi connectivity index (χ1n) is 12.5. The Morgan fingerprint density at radius 2 is 1.81 bits per heavy atom. The van der Waals surface area contributed by atoms with E-state index in [4.69, 9.17) is 4.74 Å². The van der Waals surface area contributed by atoms with Gasteiger partial charge >= 0.3 is 0 Å². The molecule has 0 aliphatic heterocycles. The molecule has 0 spiro atoms. The van der Waals surface area contributed by atoms with Crippen LogP contribution in [0.3, 0.4) is 0 Å². The average Bonchev–Trinajstić information content (AvgIpc) is 3.45. The largest absolute Gasteiger partial charge is 0.490 e. The summed E-state index contributed by atoms with van der Waals surface area (Å²) in [6.45, 7) is 1.47. The van der Waals surface area contributed by atoms with Crippen molar-refractivity contribution in [2.24, 2.45) is 0 Å². The third-order valence-corrected chi connectivity index (χ3v) is 5.98. The van der Waals surface area contributed by atoms with Crippen LogP contribution in [0.2, 0.25) is 0 Å². The molecule has 4 aromatic rings. The number of aromatic nitrogens is 5. The van der Waals surface area contributed by atoms with Crippen molar-refractivity contribution in [2.45, 2.75) is 64.4 Å². The Labute approximate surface area is 211 Å². The van der Waals surface area contributed by atoms with Gasteiger partial charge in [-0.3, -0.25) is 14.7 Å². The third kappa shape index (κ3) is 6.80. The lowest BCUT2D eigenvalue weighted by Crippen LogP contribution is -2.14. The Hall–Kier alpha value is -3.95. The van der Waals surface area contributed by atoms with Crippen molar-refractivity contribution >= 4 is 34.1 Å². The summed E-state index contributed by atoms with van der Waals surface area (Å²) < 4.78 is 7.52. The average molecular weight is 494 g/mol. The van der Waals surface area contributed by atoms with Gasteiger partial charge in [0.25, 0.3) is 5.91 Å². The molecule has 0 bridgehead atoms. The number of carbonyl (C=O) groups is 2. The molecule has 3 aromatic heterocycles. The molecule has 0 saturated heterocycles. The fraction of sp³-hybridized carbons (Fsp3) is 0.423. The fourth-order valence-electron chi connectivity index (χ4n) is 3.78. The van der Waals surface area contributed by atoms with Crippen molar-refractivity contribution in [3.05, 3.63) is 48.5 Å². The van der Waals surface area contributed by atoms with Crippen LogP contribution in [0.1, 0.15) is 70.1 Å². The second-order valence-electron chi connectivity index (χ2n) is 8.95. The van der Waals surface area contributed by atoms with Gasteiger partial charge in [-0.1, -0.05) is 38.5 Å². The van der Waals surface area contributed by atoms with E-state index in [0.29, 0.717) is 22.6 Å². The number of anilines is 1. The smallest absolute Gasteiger partial charge is 0.259 e. The standard InChI is InChI=1S/C17H14N6O2.C6H12.C3H7NO.H2/c24-17(21-14-9-20-23-5-1-4-18-16(14)23)12-6-10-8-19-22-13(10)7-15(12)25-11-2-3-11;1-2-4-6-5-3-1;1-3(5)4-2;/h1,4-9,11H,2-3H2,(H,19,22)(H,21,24);1-6H2;1-2H3,(H,4,5);1H. The van der Waals surface area contributed by atoms with Crippen molar-refractivity contribution in [3.63, 3.8) is 0 Å². The highest BCUT2D eigenvalue weighted by atomic mass is 16.5. The monoisotopic (exact) mass is 493 g/mol. The molecule has 2 aliphatic rings. The lowest BCUT2D eigenvalue weighted by molar-refractivity contribution is -0.118. The maximum absolute atomic E-state index is 12.9. The minimum atomic E-state index is -0.265. The number of carbonyl (C=O) groups excluding carboxylic acids is 2. The Balaban J connectivity index is 0.000000267. The van der Waals surface area contributed by atoms with Crippen LogP contribution < -0.4 is 15.4 Å². The van der Waals surface area contributed by atoms with Crippen LogP contribution in [0, 0.1) is 0 Å². The van der Waals surface area contributed by atoms with Gasteiger partial charge in [0.15, 0.2) is 5.65 Å². The van der Waals surface area contributed by atoms with Crippen molar-refractivity contribution in [1.82, 2.24) is 30.1 Å². The Kier molecular flexibility index (Phi) is 8.48. The number of nitrogens with zero attached hydrogens (tertiary/aromatic N) is 4. The van der Waals surface area contributed by atoms with E-state index in [1.165, 1.54) is 45.4 Å². The molecule has 10 heteroatoms. The molecule has 192 valence electrons. The lowest BCUT2D eigenvalue weighted by Gasteiger charge is -2.11. The molecule has 3 N–H and O–H groups in total. The van der Waals surface area contributed by atoms with Crippen molar-refractivity contribution in [2.75, 3.05) is 12.4 Å². The van der Waals surface area contributed by atoms with Crippen LogP contribution in [0.15, 0.2) is 43.0 Å². The van der Waals surface area contributed by atoms with E-state index in [-0.39, 0.29) is 19.3 Å². The molecule has 1 aromatic carbocycles. The maximum Gasteiger partial charge on any atom is 0.259 e. The first-order chi connectivity index (χ1) is 17.5. The number of aromatic amines is 1. The van der Waals surface area contributed by atoms with E-state index in [0.717, 1.165) is 23.7 Å². The second-order valence-corrected chi connectivity index (χ2v) is 8.95. The molecular formula is C26H35N7O3. The van der Waals surface area contributed by atoms with E-state index in [1.54, 1.807) is 48.5 Å². The maximum atomic E-state index is 12.9. The number of nitrogens with one attached hydrogen (secondary N) is 3. The van der Waals surface area contributed by atoms with E-state index in [1.807, 2.05) is 6.07 Å². The number of hydrogen-bond donors (Lipinski definition) is 3. The fourth-order valence-corrected chi connectivity index (χ4v) is 3.78. The zero-order valence-electron chi connectivity index (χ0n) is 20.8. The SMILES string of the molecule is C1CCCCC1.CNC(C)=O.O=C(Nc1cnn2cccnc12)c1cc2cn[nH]c2cc1OC1CC1.[HH]. The van der Waals surface area contributed by atoms with Crippen molar-refractivity contribution in [3.8, 4) is 5.75 Å². The van der Waals surface area contributed by atoms with E-state index in [2.05, 4.69) is 30.9 Å². The van der Waals surface area contributed by atoms with Crippen LogP contribution >= 0.6 is 0 Å². The predicted octanol–water partition coefficient (Wildman–Crippen LogP) is 4.74. The van der Waals surface area contributed by atoms with Crippen LogP contribution in [0.5, 0.6) is 5.75 Å². The quantitative estimate of drug-likeness (QED) is 0.377. The number of amides is 2. The number of hydrogen-bond acceptors (Lipinski definition) is 6. The molecule has 0 unspecified atom stereocenters. The van der Waals surface area contributed by atoms with Crippen LogP contribution in [-0.2, 0) is 4.79 Å². The summed E-state index contributed by atoms with van der Waals surface area (Å²) in [7, 11) is 1.60. The minimum absolute atomic E-state index is 0. The first-order valence-corrected chi connectivity index (χ1v) is 12.5. The second kappa shape index (κ2) is 12.1. The summed E-state index contributed by atoms with van der Waals surface area (Å²) in [6, 6.07) is 5.38. The van der Waals surface area contributed by atoms with Crippen LogP contribution in [-0.4, -0.2) is 49.8 Å². The number of H-pyrrole nitrogens is 1. The van der Waals surface area contributed by atoms with Gasteiger partial charge in [0.1, 0.15) is 11.4 Å². The highest BCUT2D eigenvalue weighted by Gasteiger charge is 2.26. The van der Waals surface area contributed by atoms with Gasteiger partial charge in [-0.15, -0.1) is 0 Å². The van der Waals surface area contributed by atoms with Crippen molar-refractivity contribution < 1.29 is 15.8 Å². The number of benzene rings is 1. The normalized spacial score (nSPS) is 14.7. The molecule has 2 aliphatic carbocycles. The topological polar surface area (TPSA) is 126 Å². The number of rotatable bonds is 4. The number of ether oxygens (including phenoxy) is 1. The Morgan fingerprint density at radius 1 is 1.11 bits per heavy atom. The van der Waals surface area contributed by atoms with Gasteiger partial charge in [0.05, 0.1) is 29.6 Å². The summed E-state index contributed by atoms with van der Waals surface area (Å²) in [6.07, 6.45) is 17.9. The Bertz CT molecular complexity index is 1300. The van der Waals surface area contributed by atoms with Crippen LogP contribution in [0.25, 0.3) is 16.6 Å². The zero-order valence-corrected chi connectivity index (χ0v) is 20.8. The molecule has 2 saturated carbocycles. The highest BCUT2D eigenvalue weighted by molar-refractivity contribution is 6.09. The van der Waals surface area contributed by atoms with E-state index >= 15 is 0 Å². The predicted molar refractivity (Wildman–Crippen MR) is 140 cm³/mol. The van der Waals surface area contributed by atoms with Gasteiger partial charge in [0.2, 0.25) is 5.91 Å². The summed E-state index contributed by atoms with van der Waals surface area (Å²) >= 11 is 0. The summed E-state index contributed by atoms with van der Waals surface area (Å²) in [5.41, 5.74) is 2.45. The molecule has 36 heavy (non-hydrogen) atoms. The molecule has 6 rings (SSSR count). The number of fused-ring (bicyclic) bond motifs is 2. The van der Waals surface area contributed by atoms with E-state index < -0.39 is 0 Å². The van der Waals surface area contributed by atoms with Gasteiger partial charge in [-0.25, -0.2) is 9.50 Å². The van der Waals surface area contributed by atoms with Crippen LogP contribution in [0.4, 0.5) is 5.69 Å². The summed E-state index contributed by atoms with van der Waals surface area (Å²) in [4.78, 5) is 26.8. The van der Waals surface area contributed by atoms with Gasteiger partial charge < -0.3 is 15.4 Å². The molecule has 2 fully saturated rings. The van der Waals surface area contributed by atoms with Gasteiger partial charge in [0, 0.05) is 39.2 Å². The van der Waals surface area contributed by atoms with Crippen molar-refractivity contribution in [1.29, 1.82) is 0 Å². The molecular weight excluding hydrogens is 458 g/mol. The third-order valence-electron chi connectivity index (χ3n) is 5.98. The summed E-state index contributed by atoms with van der Waals surface area (Å²) in [5, 5.41) is 17.2. The molecule has 0 atom stereocenters. The Morgan fingerprint density at radius 3 is 2.44 bits per heavy atom.